The van der Waals surface area contributed by atoms with Crippen LogP contribution in [0.1, 0.15) is 31.0 Å². The fraction of sp³-hybridized carbons (Fsp3) is 0.524. The van der Waals surface area contributed by atoms with Crippen LogP contribution in [0.4, 0.5) is 18.0 Å². The van der Waals surface area contributed by atoms with Gasteiger partial charge in [0, 0.05) is 31.9 Å². The molecule has 1 unspecified atom stereocenters. The Morgan fingerprint density at radius 2 is 1.90 bits per heavy atom. The average molecular weight is 441 g/mol. The highest BCUT2D eigenvalue weighted by molar-refractivity contribution is 5.95. The van der Waals surface area contributed by atoms with Gasteiger partial charge in [-0.1, -0.05) is 18.2 Å². The number of alkyl halides is 3. The molecule has 0 radical (unpaired) electrons. The van der Waals surface area contributed by atoms with Gasteiger partial charge < -0.3 is 14.8 Å². The molecule has 2 aliphatic rings. The lowest BCUT2D eigenvalue weighted by Crippen LogP contribution is -2.52. The van der Waals surface area contributed by atoms with E-state index in [4.69, 9.17) is 9.47 Å². The topological polar surface area (TPSA) is 71.1 Å². The molecule has 1 aromatic rings. The van der Waals surface area contributed by atoms with Crippen LogP contribution in [0.2, 0.25) is 0 Å². The van der Waals surface area contributed by atoms with E-state index in [-0.39, 0.29) is 30.8 Å². The molecule has 1 aromatic carbocycles. The Bertz CT molecular complexity index is 851. The normalized spacial score (nSPS) is 20.6. The van der Waals surface area contributed by atoms with E-state index in [2.05, 4.69) is 5.32 Å². The second kappa shape index (κ2) is 9.69. The molecule has 2 heterocycles. The lowest BCUT2D eigenvalue weighted by atomic mass is 9.90. The molecule has 2 amide bonds. The zero-order chi connectivity index (χ0) is 22.6. The molecule has 31 heavy (non-hydrogen) atoms. The number of amides is 2. The van der Waals surface area contributed by atoms with Gasteiger partial charge >= 0.3 is 18.2 Å². The molecule has 0 aliphatic carbocycles. The highest BCUT2D eigenvalue weighted by Gasteiger charge is 2.42. The van der Waals surface area contributed by atoms with E-state index >= 15 is 0 Å². The summed E-state index contributed by atoms with van der Waals surface area (Å²) in [6.07, 6.45) is -4.65. The molecule has 7 nitrogen and oxygen atoms in total. The van der Waals surface area contributed by atoms with Crippen LogP contribution in [0.5, 0.6) is 0 Å². The van der Waals surface area contributed by atoms with Crippen molar-refractivity contribution in [3.63, 3.8) is 0 Å². The Morgan fingerprint density at radius 1 is 1.23 bits per heavy atom. The first kappa shape index (κ1) is 23.1. The van der Waals surface area contributed by atoms with Crippen molar-refractivity contribution in [2.24, 2.45) is 0 Å². The summed E-state index contributed by atoms with van der Waals surface area (Å²) in [5.74, 6) is -0.744. The smallest absolute Gasteiger partial charge is 0.416 e. The standard InChI is InChI=1S/C21H26F3N3O4/c1-3-27-16(13-26-9-11-30-12-10-26)17(19(28)31-4-2)18(25-20(27)29)14-7-5-6-8-15(14)21(22,23)24/h5-8,18H,3-4,9-13H2,1-2H3,(H,25,29). The third-order valence-corrected chi connectivity index (χ3v) is 5.30. The van der Waals surface area contributed by atoms with E-state index in [0.29, 0.717) is 32.0 Å². The number of urea groups is 1. The van der Waals surface area contributed by atoms with E-state index in [1.54, 1.807) is 13.8 Å². The lowest BCUT2D eigenvalue weighted by molar-refractivity contribution is -0.141. The van der Waals surface area contributed by atoms with E-state index in [1.165, 1.54) is 23.1 Å². The molecule has 1 N–H and O–H groups in total. The number of rotatable bonds is 6. The van der Waals surface area contributed by atoms with Crippen LogP contribution in [-0.4, -0.2) is 67.8 Å². The highest BCUT2D eigenvalue weighted by Crippen LogP contribution is 2.39. The van der Waals surface area contributed by atoms with E-state index in [1.807, 2.05) is 4.90 Å². The number of carbonyl (C=O) groups is 2. The van der Waals surface area contributed by atoms with Crippen molar-refractivity contribution in [1.82, 2.24) is 15.1 Å². The minimum atomic E-state index is -4.65. The van der Waals surface area contributed by atoms with Gasteiger partial charge in [0.25, 0.3) is 0 Å². The Kier molecular flexibility index (Phi) is 7.22. The number of esters is 1. The van der Waals surface area contributed by atoms with Crippen LogP contribution in [0, 0.1) is 0 Å². The van der Waals surface area contributed by atoms with Gasteiger partial charge in [-0.15, -0.1) is 0 Å². The van der Waals surface area contributed by atoms with Gasteiger partial charge in [-0.3, -0.25) is 9.80 Å². The predicted octanol–water partition coefficient (Wildman–Crippen LogP) is 2.94. The molecule has 0 saturated carbocycles. The Hall–Kier alpha value is -2.59. The Balaban J connectivity index is 2.16. The first-order chi connectivity index (χ1) is 14.8. The number of halogens is 3. The van der Waals surface area contributed by atoms with Gasteiger partial charge in [0.15, 0.2) is 0 Å². The van der Waals surface area contributed by atoms with Gasteiger partial charge in [-0.2, -0.15) is 13.2 Å². The van der Waals surface area contributed by atoms with Gasteiger partial charge in [-0.05, 0) is 25.5 Å². The zero-order valence-electron chi connectivity index (χ0n) is 17.5. The van der Waals surface area contributed by atoms with Crippen LogP contribution in [0.25, 0.3) is 0 Å². The average Bonchev–Trinajstić information content (AvgIpc) is 2.74. The van der Waals surface area contributed by atoms with Crippen molar-refractivity contribution in [3.05, 3.63) is 46.7 Å². The fourth-order valence-corrected chi connectivity index (χ4v) is 3.87. The molecule has 10 heteroatoms. The number of nitrogens with zero attached hydrogens (tertiary/aromatic N) is 2. The number of hydrogen-bond donors (Lipinski definition) is 1. The molecular formula is C21H26F3N3O4. The second-order valence-corrected chi connectivity index (χ2v) is 7.18. The number of morpholine rings is 1. The number of benzene rings is 1. The number of likely N-dealkylation sites (N-methyl/N-ethyl adjacent to an activating group) is 1. The largest absolute Gasteiger partial charge is 0.463 e. The molecular weight excluding hydrogens is 415 g/mol. The van der Waals surface area contributed by atoms with Crippen LogP contribution in [0.15, 0.2) is 35.5 Å². The first-order valence-corrected chi connectivity index (χ1v) is 10.2. The van der Waals surface area contributed by atoms with Crippen molar-refractivity contribution < 1.29 is 32.2 Å². The monoisotopic (exact) mass is 441 g/mol. The SMILES string of the molecule is CCOC(=O)C1=C(CN2CCOCC2)N(CC)C(=O)NC1c1ccccc1C(F)(F)F. The number of carbonyl (C=O) groups excluding carboxylic acids is 2. The number of ether oxygens (including phenoxy) is 2. The number of nitrogens with one attached hydrogen (secondary N) is 1. The maximum Gasteiger partial charge on any atom is 0.416 e. The van der Waals surface area contributed by atoms with Crippen molar-refractivity contribution >= 4 is 12.0 Å². The van der Waals surface area contributed by atoms with Crippen molar-refractivity contribution in [1.29, 1.82) is 0 Å². The lowest BCUT2D eigenvalue weighted by Gasteiger charge is -2.39. The van der Waals surface area contributed by atoms with E-state index in [0.717, 1.165) is 6.07 Å². The highest BCUT2D eigenvalue weighted by atomic mass is 19.4. The summed E-state index contributed by atoms with van der Waals surface area (Å²) < 4.78 is 51.7. The van der Waals surface area contributed by atoms with Crippen LogP contribution < -0.4 is 5.32 Å². The molecule has 1 saturated heterocycles. The fourth-order valence-electron chi connectivity index (χ4n) is 3.87. The summed E-state index contributed by atoms with van der Waals surface area (Å²) in [6, 6.07) is 3.12. The first-order valence-electron chi connectivity index (χ1n) is 10.2. The van der Waals surface area contributed by atoms with Crippen LogP contribution in [-0.2, 0) is 20.4 Å². The summed E-state index contributed by atoms with van der Waals surface area (Å²) in [5, 5.41) is 2.59. The van der Waals surface area contributed by atoms with Crippen molar-refractivity contribution in [3.8, 4) is 0 Å². The van der Waals surface area contributed by atoms with Crippen LogP contribution in [0.3, 0.4) is 0 Å². The Labute approximate surface area is 178 Å². The summed E-state index contributed by atoms with van der Waals surface area (Å²) in [7, 11) is 0. The maximum atomic E-state index is 13.7. The minimum Gasteiger partial charge on any atom is -0.463 e. The molecule has 0 bridgehead atoms. The number of hydrogen-bond acceptors (Lipinski definition) is 5. The van der Waals surface area contributed by atoms with E-state index < -0.39 is 29.8 Å². The Morgan fingerprint density at radius 3 is 2.52 bits per heavy atom. The third-order valence-electron chi connectivity index (χ3n) is 5.30. The van der Waals surface area contributed by atoms with Gasteiger partial charge in [-0.25, -0.2) is 9.59 Å². The van der Waals surface area contributed by atoms with Crippen molar-refractivity contribution in [2.75, 3.05) is 46.0 Å². The molecule has 0 aromatic heterocycles. The summed E-state index contributed by atoms with van der Waals surface area (Å²) in [4.78, 5) is 29.2. The summed E-state index contributed by atoms with van der Waals surface area (Å²) in [5.41, 5.74) is -0.723. The quantitative estimate of drug-likeness (QED) is 0.688. The molecule has 0 spiro atoms. The second-order valence-electron chi connectivity index (χ2n) is 7.18. The van der Waals surface area contributed by atoms with Crippen molar-refractivity contribution in [2.45, 2.75) is 26.1 Å². The molecule has 3 rings (SSSR count). The van der Waals surface area contributed by atoms with E-state index in [9.17, 15) is 22.8 Å². The van der Waals surface area contributed by atoms with Crippen LogP contribution >= 0.6 is 0 Å². The van der Waals surface area contributed by atoms with Gasteiger partial charge in [0.05, 0.1) is 37.0 Å². The third kappa shape index (κ3) is 5.01. The zero-order valence-corrected chi connectivity index (χ0v) is 17.5. The molecule has 170 valence electrons. The maximum absolute atomic E-state index is 13.7. The van der Waals surface area contributed by atoms with Gasteiger partial charge in [0.1, 0.15) is 0 Å². The molecule has 2 aliphatic heterocycles. The minimum absolute atomic E-state index is 0.0199. The predicted molar refractivity (Wildman–Crippen MR) is 106 cm³/mol. The van der Waals surface area contributed by atoms with Gasteiger partial charge in [0.2, 0.25) is 0 Å². The summed E-state index contributed by atoms with van der Waals surface area (Å²) in [6.45, 7) is 6.07. The molecule has 1 fully saturated rings. The molecule has 1 atom stereocenters. The summed E-state index contributed by atoms with van der Waals surface area (Å²) >= 11 is 0.